The minimum Gasteiger partial charge on any atom is -0.342 e. The van der Waals surface area contributed by atoms with E-state index < -0.39 is 0 Å². The largest absolute Gasteiger partial charge is 0.342 e. The Hall–Kier alpha value is -2.57. The van der Waals surface area contributed by atoms with Crippen LogP contribution < -0.4 is 11.1 Å². The molecular formula is C23H28FN5. The first kappa shape index (κ1) is 19.7. The molecule has 0 saturated heterocycles. The molecule has 4 rings (SSSR count). The number of H-pyrrole nitrogens is 1. The van der Waals surface area contributed by atoms with Gasteiger partial charge < -0.3 is 16.0 Å². The Labute approximate surface area is 171 Å². The van der Waals surface area contributed by atoms with Gasteiger partial charge in [-0.3, -0.25) is 4.98 Å². The van der Waals surface area contributed by atoms with E-state index in [4.69, 9.17) is 5.73 Å². The van der Waals surface area contributed by atoms with Crippen LogP contribution in [0.4, 0.5) is 4.39 Å². The molecule has 152 valence electrons. The van der Waals surface area contributed by atoms with Gasteiger partial charge in [-0.2, -0.15) is 0 Å². The molecule has 2 heterocycles. The number of imidazole rings is 1. The number of pyridine rings is 1. The first-order valence-electron chi connectivity index (χ1n) is 10.4. The molecule has 0 saturated carbocycles. The first-order valence-corrected chi connectivity index (χ1v) is 10.4. The number of nitrogens with zero attached hydrogens (tertiary/aromatic N) is 2. The van der Waals surface area contributed by atoms with Gasteiger partial charge in [-0.05, 0) is 80.1 Å². The van der Waals surface area contributed by atoms with Crippen molar-refractivity contribution in [1.82, 2.24) is 20.3 Å². The summed E-state index contributed by atoms with van der Waals surface area (Å²) in [6.07, 6.45) is 9.83. The molecule has 0 radical (unpaired) electrons. The van der Waals surface area contributed by atoms with E-state index >= 15 is 0 Å². The smallest absolute Gasteiger partial charge is 0.123 e. The quantitative estimate of drug-likeness (QED) is 0.542. The van der Waals surface area contributed by atoms with Crippen LogP contribution in [-0.4, -0.2) is 27.5 Å². The van der Waals surface area contributed by atoms with Gasteiger partial charge in [0.25, 0.3) is 0 Å². The second-order valence-corrected chi connectivity index (χ2v) is 7.74. The third kappa shape index (κ3) is 4.89. The lowest BCUT2D eigenvalue weighted by molar-refractivity contribution is 0.363. The van der Waals surface area contributed by atoms with Gasteiger partial charge in [0.15, 0.2) is 0 Å². The highest BCUT2D eigenvalue weighted by molar-refractivity contribution is 5.58. The maximum Gasteiger partial charge on any atom is 0.123 e. The molecule has 29 heavy (non-hydrogen) atoms. The Morgan fingerprint density at radius 2 is 2.07 bits per heavy atom. The molecule has 0 amide bonds. The number of benzene rings is 1. The number of nitrogens with two attached hydrogens (primary N) is 1. The third-order valence-electron chi connectivity index (χ3n) is 5.61. The molecule has 0 fully saturated rings. The number of nitrogens with one attached hydrogen (secondary N) is 2. The van der Waals surface area contributed by atoms with E-state index in [0.29, 0.717) is 6.54 Å². The van der Waals surface area contributed by atoms with Crippen LogP contribution in [0.5, 0.6) is 0 Å². The Bertz CT molecular complexity index is 921. The van der Waals surface area contributed by atoms with Crippen molar-refractivity contribution in [1.29, 1.82) is 0 Å². The molecule has 1 aromatic carbocycles. The van der Waals surface area contributed by atoms with Gasteiger partial charge >= 0.3 is 0 Å². The maximum atomic E-state index is 13.2. The van der Waals surface area contributed by atoms with Crippen molar-refractivity contribution in [3.63, 3.8) is 0 Å². The number of hydrogen-bond donors (Lipinski definition) is 3. The Morgan fingerprint density at radius 3 is 2.90 bits per heavy atom. The number of aromatic amines is 1. The lowest BCUT2D eigenvalue weighted by Gasteiger charge is -2.29. The van der Waals surface area contributed by atoms with Crippen LogP contribution in [0.3, 0.4) is 0 Å². The monoisotopic (exact) mass is 393 g/mol. The van der Waals surface area contributed by atoms with Gasteiger partial charge in [-0.15, -0.1) is 0 Å². The molecule has 2 atom stereocenters. The van der Waals surface area contributed by atoms with Crippen LogP contribution >= 0.6 is 0 Å². The van der Waals surface area contributed by atoms with Crippen LogP contribution in [0.2, 0.25) is 0 Å². The highest BCUT2D eigenvalue weighted by Crippen LogP contribution is 2.29. The van der Waals surface area contributed by atoms with Gasteiger partial charge in [0, 0.05) is 24.7 Å². The molecular weight excluding hydrogens is 365 g/mol. The molecule has 0 aliphatic heterocycles. The molecule has 6 heteroatoms. The number of fused-ring (bicyclic) bond motifs is 1. The number of halogens is 1. The third-order valence-corrected chi connectivity index (χ3v) is 5.61. The molecule has 0 bridgehead atoms. The van der Waals surface area contributed by atoms with E-state index in [-0.39, 0.29) is 17.9 Å². The van der Waals surface area contributed by atoms with E-state index in [0.717, 1.165) is 49.2 Å². The second kappa shape index (κ2) is 9.29. The minimum absolute atomic E-state index is 0.235. The fraction of sp³-hybridized carbons (Fsp3) is 0.391. The summed E-state index contributed by atoms with van der Waals surface area (Å²) in [6, 6.07) is 11.2. The van der Waals surface area contributed by atoms with Gasteiger partial charge in [0.1, 0.15) is 11.6 Å². The molecule has 5 nitrogen and oxygen atoms in total. The maximum absolute atomic E-state index is 13.2. The zero-order valence-corrected chi connectivity index (χ0v) is 16.6. The zero-order valence-electron chi connectivity index (χ0n) is 16.6. The van der Waals surface area contributed by atoms with Crippen molar-refractivity contribution < 1.29 is 4.39 Å². The van der Waals surface area contributed by atoms with E-state index in [1.807, 2.05) is 18.5 Å². The standard InChI is InChI=1S/C23H28FN5/c24-18-10-8-16(9-11-18)21-15-27-22(29-21)14-19(6-2-12-25)28-20-7-1-4-17-5-3-13-26-23(17)20/h3,5,8-11,13,15,19-20,28H,1-2,4,6-7,12,14,25H2,(H,27,29). The highest BCUT2D eigenvalue weighted by Gasteiger charge is 2.24. The van der Waals surface area contributed by atoms with Gasteiger partial charge in [-0.25, -0.2) is 9.37 Å². The molecule has 1 aliphatic carbocycles. The number of hydrogen-bond acceptors (Lipinski definition) is 4. The molecule has 0 spiro atoms. The first-order chi connectivity index (χ1) is 14.2. The zero-order chi connectivity index (χ0) is 20.1. The predicted octanol–water partition coefficient (Wildman–Crippen LogP) is 3.93. The molecule has 1 aliphatic rings. The Kier molecular flexibility index (Phi) is 6.32. The van der Waals surface area contributed by atoms with Gasteiger partial charge in [0.2, 0.25) is 0 Å². The van der Waals surface area contributed by atoms with Gasteiger partial charge in [-0.1, -0.05) is 6.07 Å². The van der Waals surface area contributed by atoms with Crippen LogP contribution in [0.25, 0.3) is 11.3 Å². The van der Waals surface area contributed by atoms with Crippen molar-refractivity contribution >= 4 is 0 Å². The number of rotatable bonds is 8. The number of aromatic nitrogens is 3. The molecule has 3 aromatic rings. The van der Waals surface area contributed by atoms with Crippen molar-refractivity contribution in [2.75, 3.05) is 6.54 Å². The minimum atomic E-state index is -0.235. The van der Waals surface area contributed by atoms with Crippen LogP contribution in [0, 0.1) is 5.82 Å². The lowest BCUT2D eigenvalue weighted by atomic mass is 9.91. The number of aryl methyl sites for hydroxylation is 1. The van der Waals surface area contributed by atoms with Gasteiger partial charge in [0.05, 0.1) is 17.6 Å². The lowest BCUT2D eigenvalue weighted by Crippen LogP contribution is -2.37. The summed E-state index contributed by atoms with van der Waals surface area (Å²) < 4.78 is 13.2. The van der Waals surface area contributed by atoms with Crippen molar-refractivity contribution in [3.8, 4) is 11.3 Å². The van der Waals surface area contributed by atoms with E-state index in [1.165, 1.54) is 29.8 Å². The summed E-state index contributed by atoms with van der Waals surface area (Å²) in [4.78, 5) is 12.6. The molecule has 2 unspecified atom stereocenters. The van der Waals surface area contributed by atoms with Crippen LogP contribution in [0.1, 0.15) is 48.8 Å². The van der Waals surface area contributed by atoms with Crippen molar-refractivity contribution in [3.05, 3.63) is 71.7 Å². The SMILES string of the molecule is NCCCC(Cc1ncc(-c2ccc(F)cc2)[nH]1)NC1CCCc2cccnc21. The Balaban J connectivity index is 1.47. The van der Waals surface area contributed by atoms with E-state index in [9.17, 15) is 4.39 Å². The topological polar surface area (TPSA) is 79.6 Å². The summed E-state index contributed by atoms with van der Waals surface area (Å²) in [5.74, 6) is 0.691. The summed E-state index contributed by atoms with van der Waals surface area (Å²) in [7, 11) is 0. The van der Waals surface area contributed by atoms with E-state index in [2.05, 4.69) is 26.3 Å². The predicted molar refractivity (Wildman–Crippen MR) is 113 cm³/mol. The fourth-order valence-corrected chi connectivity index (χ4v) is 4.14. The summed E-state index contributed by atoms with van der Waals surface area (Å²) in [5.41, 5.74) is 10.2. The van der Waals surface area contributed by atoms with Crippen molar-refractivity contribution in [2.24, 2.45) is 5.73 Å². The van der Waals surface area contributed by atoms with Crippen LogP contribution in [0.15, 0.2) is 48.8 Å². The van der Waals surface area contributed by atoms with Crippen LogP contribution in [-0.2, 0) is 12.8 Å². The Morgan fingerprint density at radius 1 is 1.21 bits per heavy atom. The second-order valence-electron chi connectivity index (χ2n) is 7.74. The fourth-order valence-electron chi connectivity index (χ4n) is 4.14. The van der Waals surface area contributed by atoms with Crippen molar-refractivity contribution in [2.45, 2.75) is 50.6 Å². The summed E-state index contributed by atoms with van der Waals surface area (Å²) in [6.45, 7) is 0.677. The molecule has 4 N–H and O–H groups in total. The average molecular weight is 394 g/mol. The highest BCUT2D eigenvalue weighted by atomic mass is 19.1. The van der Waals surface area contributed by atoms with E-state index in [1.54, 1.807) is 12.1 Å². The summed E-state index contributed by atoms with van der Waals surface area (Å²) >= 11 is 0. The normalized spacial score (nSPS) is 17.1. The average Bonchev–Trinajstić information content (AvgIpc) is 3.21. The molecule has 2 aromatic heterocycles. The summed E-state index contributed by atoms with van der Waals surface area (Å²) in [5, 5.41) is 3.82.